The Kier molecular flexibility index (Phi) is 4.73. The minimum absolute atomic E-state index is 0.116. The van der Waals surface area contributed by atoms with Crippen molar-refractivity contribution >= 4 is 12.1 Å². The Morgan fingerprint density at radius 2 is 2.14 bits per heavy atom. The summed E-state index contributed by atoms with van der Waals surface area (Å²) in [6.07, 6.45) is 1.34. The van der Waals surface area contributed by atoms with Crippen LogP contribution in [0, 0.1) is 0 Å². The summed E-state index contributed by atoms with van der Waals surface area (Å²) in [4.78, 5) is 23.7. The van der Waals surface area contributed by atoms with Gasteiger partial charge in [-0.25, -0.2) is 9.59 Å². The fourth-order valence-electron chi connectivity index (χ4n) is 2.36. The number of hydrogen-bond donors (Lipinski definition) is 1. The van der Waals surface area contributed by atoms with E-state index in [9.17, 15) is 9.59 Å². The molecule has 2 rings (SSSR count). The van der Waals surface area contributed by atoms with Crippen molar-refractivity contribution in [3.05, 3.63) is 17.0 Å². The molecular weight excluding hydrogens is 288 g/mol. The molecule has 0 saturated carbocycles. The Hall–Kier alpha value is -2.05. The first kappa shape index (κ1) is 16.3. The number of ether oxygens (including phenoxy) is 2. The number of alkyl carbamates (subject to hydrolysis) is 1. The number of nitrogens with one attached hydrogen (secondary N) is 1. The predicted molar refractivity (Wildman–Crippen MR) is 77.6 cm³/mol. The number of amides is 1. The van der Waals surface area contributed by atoms with Crippen LogP contribution < -0.4 is 5.32 Å². The lowest BCUT2D eigenvalue weighted by Gasteiger charge is -2.25. The van der Waals surface area contributed by atoms with Crippen molar-refractivity contribution in [1.82, 2.24) is 10.5 Å². The summed E-state index contributed by atoms with van der Waals surface area (Å²) in [7, 11) is 0. The van der Waals surface area contributed by atoms with E-state index < -0.39 is 17.7 Å². The molecule has 122 valence electrons. The highest BCUT2D eigenvalue weighted by Crippen LogP contribution is 2.25. The SMILES string of the molecule is CCOC(=O)c1noc2c1C[C@@H](NC(=O)OC(C)(C)C)CC2. The zero-order valence-electron chi connectivity index (χ0n) is 13.4. The zero-order chi connectivity index (χ0) is 16.3. The molecule has 1 aromatic heterocycles. The summed E-state index contributed by atoms with van der Waals surface area (Å²) in [5, 5.41) is 6.62. The number of aryl methyl sites for hydroxylation is 1. The van der Waals surface area contributed by atoms with Crippen molar-refractivity contribution in [3.8, 4) is 0 Å². The Balaban J connectivity index is 2.03. The van der Waals surface area contributed by atoms with Crippen molar-refractivity contribution in [2.75, 3.05) is 6.61 Å². The second kappa shape index (κ2) is 6.37. The van der Waals surface area contributed by atoms with Crippen molar-refractivity contribution in [2.45, 2.75) is 58.6 Å². The van der Waals surface area contributed by atoms with Gasteiger partial charge < -0.3 is 19.3 Å². The Morgan fingerprint density at radius 3 is 2.77 bits per heavy atom. The van der Waals surface area contributed by atoms with E-state index in [0.29, 0.717) is 30.6 Å². The maximum absolute atomic E-state index is 11.8. The molecular formula is C15H22N2O5. The number of carbonyl (C=O) groups is 2. The fourth-order valence-corrected chi connectivity index (χ4v) is 2.36. The Morgan fingerprint density at radius 1 is 1.41 bits per heavy atom. The summed E-state index contributed by atoms with van der Waals surface area (Å²) in [5.41, 5.74) is 0.371. The molecule has 1 atom stereocenters. The van der Waals surface area contributed by atoms with Crippen LogP contribution in [0.2, 0.25) is 0 Å². The molecule has 0 bridgehead atoms. The summed E-state index contributed by atoms with van der Waals surface area (Å²) >= 11 is 0. The van der Waals surface area contributed by atoms with Gasteiger partial charge in [-0.15, -0.1) is 0 Å². The quantitative estimate of drug-likeness (QED) is 0.861. The smallest absolute Gasteiger partial charge is 0.407 e. The molecule has 0 fully saturated rings. The maximum Gasteiger partial charge on any atom is 0.407 e. The first-order chi connectivity index (χ1) is 10.3. The van der Waals surface area contributed by atoms with Crippen LogP contribution in [-0.2, 0) is 22.3 Å². The normalized spacial score (nSPS) is 17.5. The van der Waals surface area contributed by atoms with Crippen molar-refractivity contribution in [1.29, 1.82) is 0 Å². The first-order valence-corrected chi connectivity index (χ1v) is 7.44. The van der Waals surface area contributed by atoms with Gasteiger partial charge in [0.25, 0.3) is 0 Å². The number of hydrogen-bond acceptors (Lipinski definition) is 6. The largest absolute Gasteiger partial charge is 0.461 e. The summed E-state index contributed by atoms with van der Waals surface area (Å²) in [6, 6.07) is -0.116. The van der Waals surface area contributed by atoms with E-state index >= 15 is 0 Å². The average molecular weight is 310 g/mol. The van der Waals surface area contributed by atoms with Crippen LogP contribution in [0.25, 0.3) is 0 Å². The molecule has 1 heterocycles. The molecule has 0 radical (unpaired) electrons. The molecule has 0 spiro atoms. The van der Waals surface area contributed by atoms with Gasteiger partial charge in [-0.05, 0) is 40.5 Å². The Labute approximate surface area is 129 Å². The highest BCUT2D eigenvalue weighted by atomic mass is 16.6. The van der Waals surface area contributed by atoms with E-state index in [2.05, 4.69) is 10.5 Å². The van der Waals surface area contributed by atoms with Gasteiger partial charge in [0.1, 0.15) is 11.4 Å². The van der Waals surface area contributed by atoms with Gasteiger partial charge in [-0.1, -0.05) is 5.16 Å². The van der Waals surface area contributed by atoms with E-state index in [1.54, 1.807) is 6.92 Å². The standard InChI is InChI=1S/C15H22N2O5/c1-5-20-13(18)12-10-8-9(6-7-11(10)22-17-12)16-14(19)21-15(2,3)4/h9H,5-8H2,1-4H3,(H,16,19)/t9-/m0/s1. The monoisotopic (exact) mass is 310 g/mol. The molecule has 1 aliphatic rings. The highest BCUT2D eigenvalue weighted by Gasteiger charge is 2.30. The molecule has 1 amide bonds. The van der Waals surface area contributed by atoms with Crippen LogP contribution in [-0.4, -0.2) is 35.5 Å². The van der Waals surface area contributed by atoms with Crippen molar-refractivity contribution < 1.29 is 23.6 Å². The molecule has 1 N–H and O–H groups in total. The van der Waals surface area contributed by atoms with E-state index in [0.717, 1.165) is 0 Å². The van der Waals surface area contributed by atoms with Gasteiger partial charge in [-0.2, -0.15) is 0 Å². The van der Waals surface area contributed by atoms with E-state index in [-0.39, 0.29) is 18.3 Å². The molecule has 7 heteroatoms. The molecule has 1 aromatic rings. The average Bonchev–Trinajstić information content (AvgIpc) is 2.79. The lowest BCUT2D eigenvalue weighted by Crippen LogP contribution is -2.42. The van der Waals surface area contributed by atoms with E-state index in [4.69, 9.17) is 14.0 Å². The lowest BCUT2D eigenvalue weighted by atomic mass is 9.92. The lowest BCUT2D eigenvalue weighted by molar-refractivity contribution is 0.0497. The minimum Gasteiger partial charge on any atom is -0.461 e. The van der Waals surface area contributed by atoms with Crippen LogP contribution in [0.1, 0.15) is 55.9 Å². The number of carbonyl (C=O) groups excluding carboxylic acids is 2. The van der Waals surface area contributed by atoms with Crippen LogP contribution in [0.15, 0.2) is 4.52 Å². The van der Waals surface area contributed by atoms with E-state index in [1.165, 1.54) is 0 Å². The molecule has 22 heavy (non-hydrogen) atoms. The van der Waals surface area contributed by atoms with Gasteiger partial charge in [-0.3, -0.25) is 0 Å². The second-order valence-corrected chi connectivity index (χ2v) is 6.24. The fraction of sp³-hybridized carbons (Fsp3) is 0.667. The Bertz CT molecular complexity index is 559. The summed E-state index contributed by atoms with van der Waals surface area (Å²) < 4.78 is 15.4. The third-order valence-electron chi connectivity index (χ3n) is 3.23. The minimum atomic E-state index is -0.544. The number of rotatable bonds is 3. The number of fused-ring (bicyclic) bond motifs is 1. The van der Waals surface area contributed by atoms with Gasteiger partial charge in [0.15, 0.2) is 5.69 Å². The molecule has 0 saturated heterocycles. The molecule has 0 aliphatic heterocycles. The highest BCUT2D eigenvalue weighted by molar-refractivity contribution is 5.89. The number of esters is 1. The van der Waals surface area contributed by atoms with Crippen LogP contribution in [0.4, 0.5) is 4.79 Å². The van der Waals surface area contributed by atoms with Crippen LogP contribution >= 0.6 is 0 Å². The molecule has 7 nitrogen and oxygen atoms in total. The zero-order valence-corrected chi connectivity index (χ0v) is 13.4. The second-order valence-electron chi connectivity index (χ2n) is 6.24. The van der Waals surface area contributed by atoms with Gasteiger partial charge >= 0.3 is 12.1 Å². The third kappa shape index (κ3) is 3.99. The number of aromatic nitrogens is 1. The van der Waals surface area contributed by atoms with Crippen LogP contribution in [0.3, 0.4) is 0 Å². The first-order valence-electron chi connectivity index (χ1n) is 7.44. The topological polar surface area (TPSA) is 90.7 Å². The van der Waals surface area contributed by atoms with Gasteiger partial charge in [0, 0.05) is 18.0 Å². The molecule has 0 aromatic carbocycles. The predicted octanol–water partition coefficient (Wildman–Crippen LogP) is 2.23. The van der Waals surface area contributed by atoms with Crippen LogP contribution in [0.5, 0.6) is 0 Å². The molecule has 1 aliphatic carbocycles. The van der Waals surface area contributed by atoms with Gasteiger partial charge in [0.05, 0.1) is 6.61 Å². The summed E-state index contributed by atoms with van der Waals surface area (Å²) in [6.45, 7) is 7.44. The van der Waals surface area contributed by atoms with Crippen molar-refractivity contribution in [2.24, 2.45) is 0 Å². The number of nitrogens with zero attached hydrogens (tertiary/aromatic N) is 1. The maximum atomic E-state index is 11.8. The third-order valence-corrected chi connectivity index (χ3v) is 3.23. The van der Waals surface area contributed by atoms with Gasteiger partial charge in [0.2, 0.25) is 0 Å². The summed E-state index contributed by atoms with van der Waals surface area (Å²) in [5.74, 6) is 0.190. The van der Waals surface area contributed by atoms with E-state index in [1.807, 2.05) is 20.8 Å². The molecule has 0 unspecified atom stereocenters. The van der Waals surface area contributed by atoms with Crippen molar-refractivity contribution in [3.63, 3.8) is 0 Å².